The Morgan fingerprint density at radius 1 is 1.20 bits per heavy atom. The topological polar surface area (TPSA) is 20.3 Å². The first-order valence-electron chi connectivity index (χ1n) is 7.37. The Balaban J connectivity index is 1.95. The Kier molecular flexibility index (Phi) is 4.74. The number of carbonyl (C=O) groups is 1. The minimum atomic E-state index is -0.553. The zero-order valence-electron chi connectivity index (χ0n) is 12.6. The number of rotatable bonds is 2. The third kappa shape index (κ3) is 3.54. The number of carbonyl (C=O) groups excluding carboxylic acids is 1. The van der Waals surface area contributed by atoms with Crippen LogP contribution in [0.2, 0.25) is 0 Å². The predicted octanol–water partition coefficient (Wildman–Crippen LogP) is 4.25. The van der Waals surface area contributed by atoms with Crippen LogP contribution in [0.4, 0.5) is 0 Å². The quantitative estimate of drug-likeness (QED) is 0.747. The summed E-state index contributed by atoms with van der Waals surface area (Å²) in [6.07, 6.45) is 2.15. The van der Waals surface area contributed by atoms with Crippen molar-refractivity contribution < 1.29 is 4.79 Å². The number of alkyl halides is 1. The van der Waals surface area contributed by atoms with Gasteiger partial charge in [0.2, 0.25) is 5.91 Å². The molecule has 0 aromatic heterocycles. The molecule has 1 aliphatic heterocycles. The van der Waals surface area contributed by atoms with Crippen LogP contribution in [0.1, 0.15) is 44.6 Å². The smallest absolute Gasteiger partial charge is 0.245 e. The number of piperidine rings is 1. The SMILES string of the molecule is CC(C)(C)C1CCN(C(=O)C(Cl)c2ccccc2)CC1. The van der Waals surface area contributed by atoms with Gasteiger partial charge < -0.3 is 4.90 Å². The van der Waals surface area contributed by atoms with Crippen molar-refractivity contribution in [1.82, 2.24) is 4.90 Å². The second-order valence-corrected chi connectivity index (χ2v) is 7.18. The maximum Gasteiger partial charge on any atom is 0.245 e. The van der Waals surface area contributed by atoms with Gasteiger partial charge in [0, 0.05) is 13.1 Å². The lowest BCUT2D eigenvalue weighted by molar-refractivity contribution is -0.132. The largest absolute Gasteiger partial charge is 0.341 e. The Morgan fingerprint density at radius 3 is 2.25 bits per heavy atom. The van der Waals surface area contributed by atoms with Gasteiger partial charge in [-0.15, -0.1) is 11.6 Å². The van der Waals surface area contributed by atoms with Gasteiger partial charge in [0.15, 0.2) is 0 Å². The van der Waals surface area contributed by atoms with Crippen LogP contribution in [0.3, 0.4) is 0 Å². The highest BCUT2D eigenvalue weighted by Crippen LogP contribution is 2.35. The third-order valence-corrected chi connectivity index (χ3v) is 4.78. The lowest BCUT2D eigenvalue weighted by Crippen LogP contribution is -2.42. The number of nitrogens with zero attached hydrogens (tertiary/aromatic N) is 1. The number of likely N-dealkylation sites (tertiary alicyclic amines) is 1. The van der Waals surface area contributed by atoms with Crippen molar-refractivity contribution in [3.8, 4) is 0 Å². The average Bonchev–Trinajstić information content (AvgIpc) is 2.46. The van der Waals surface area contributed by atoms with Gasteiger partial charge in [0.25, 0.3) is 0 Å². The normalized spacial score (nSPS) is 18.9. The molecule has 0 spiro atoms. The molecule has 3 heteroatoms. The van der Waals surface area contributed by atoms with Crippen LogP contribution in [0.25, 0.3) is 0 Å². The fourth-order valence-corrected chi connectivity index (χ4v) is 3.17. The Hall–Kier alpha value is -1.02. The van der Waals surface area contributed by atoms with Gasteiger partial charge >= 0.3 is 0 Å². The zero-order chi connectivity index (χ0) is 14.8. The van der Waals surface area contributed by atoms with Gasteiger partial charge in [-0.3, -0.25) is 4.79 Å². The molecule has 2 nitrogen and oxygen atoms in total. The van der Waals surface area contributed by atoms with Gasteiger partial charge in [-0.05, 0) is 29.7 Å². The van der Waals surface area contributed by atoms with Crippen LogP contribution in [-0.4, -0.2) is 23.9 Å². The molecule has 0 aliphatic carbocycles. The molecule has 1 aromatic carbocycles. The molecule has 1 unspecified atom stereocenters. The molecule has 2 rings (SSSR count). The summed E-state index contributed by atoms with van der Waals surface area (Å²) in [7, 11) is 0. The van der Waals surface area contributed by atoms with E-state index in [-0.39, 0.29) is 5.91 Å². The minimum absolute atomic E-state index is 0.0465. The van der Waals surface area contributed by atoms with E-state index in [1.54, 1.807) is 0 Å². The Morgan fingerprint density at radius 2 is 1.75 bits per heavy atom. The Labute approximate surface area is 127 Å². The second kappa shape index (κ2) is 6.17. The van der Waals surface area contributed by atoms with Crippen molar-refractivity contribution in [2.24, 2.45) is 11.3 Å². The molecular weight excluding hydrogens is 270 g/mol. The molecule has 20 heavy (non-hydrogen) atoms. The van der Waals surface area contributed by atoms with Crippen molar-refractivity contribution in [3.63, 3.8) is 0 Å². The van der Waals surface area contributed by atoms with E-state index in [0.29, 0.717) is 11.3 Å². The molecule has 1 heterocycles. The van der Waals surface area contributed by atoms with E-state index in [1.165, 1.54) is 0 Å². The predicted molar refractivity (Wildman–Crippen MR) is 83.8 cm³/mol. The highest BCUT2D eigenvalue weighted by atomic mass is 35.5. The van der Waals surface area contributed by atoms with Crippen LogP contribution in [0, 0.1) is 11.3 Å². The molecule has 0 radical (unpaired) electrons. The summed E-state index contributed by atoms with van der Waals surface area (Å²) >= 11 is 6.33. The fraction of sp³-hybridized carbons (Fsp3) is 0.588. The minimum Gasteiger partial charge on any atom is -0.341 e. The molecule has 0 N–H and O–H groups in total. The van der Waals surface area contributed by atoms with Gasteiger partial charge in [0.05, 0.1) is 0 Å². The van der Waals surface area contributed by atoms with Crippen LogP contribution in [-0.2, 0) is 4.79 Å². The van der Waals surface area contributed by atoms with Crippen LogP contribution >= 0.6 is 11.6 Å². The monoisotopic (exact) mass is 293 g/mol. The summed E-state index contributed by atoms with van der Waals surface area (Å²) < 4.78 is 0. The maximum atomic E-state index is 12.4. The Bertz CT molecular complexity index is 444. The van der Waals surface area contributed by atoms with Crippen LogP contribution < -0.4 is 0 Å². The molecule has 1 aromatic rings. The number of halogens is 1. The first kappa shape index (κ1) is 15.4. The van der Waals surface area contributed by atoms with Crippen molar-refractivity contribution >= 4 is 17.5 Å². The molecule has 0 saturated carbocycles. The molecule has 1 atom stereocenters. The highest BCUT2D eigenvalue weighted by molar-refractivity contribution is 6.30. The third-order valence-electron chi connectivity index (χ3n) is 4.34. The van der Waals surface area contributed by atoms with E-state index in [9.17, 15) is 4.79 Å². The van der Waals surface area contributed by atoms with Crippen molar-refractivity contribution in [3.05, 3.63) is 35.9 Å². The number of amides is 1. The standard InChI is InChI=1S/C17H24ClNO/c1-17(2,3)14-9-11-19(12-10-14)16(20)15(18)13-7-5-4-6-8-13/h4-8,14-15H,9-12H2,1-3H3. The number of hydrogen-bond acceptors (Lipinski definition) is 1. The second-order valence-electron chi connectivity index (χ2n) is 6.74. The molecule has 1 amide bonds. The summed E-state index contributed by atoms with van der Waals surface area (Å²) in [5, 5.41) is -0.553. The summed E-state index contributed by atoms with van der Waals surface area (Å²) in [5.41, 5.74) is 1.21. The van der Waals surface area contributed by atoms with Crippen LogP contribution in [0.5, 0.6) is 0 Å². The van der Waals surface area contributed by atoms with E-state index >= 15 is 0 Å². The summed E-state index contributed by atoms with van der Waals surface area (Å²) in [6, 6.07) is 9.61. The highest BCUT2D eigenvalue weighted by Gasteiger charge is 2.32. The van der Waals surface area contributed by atoms with E-state index in [1.807, 2.05) is 35.2 Å². The first-order chi connectivity index (χ1) is 9.39. The summed E-state index contributed by atoms with van der Waals surface area (Å²) in [4.78, 5) is 14.4. The summed E-state index contributed by atoms with van der Waals surface area (Å²) in [5.74, 6) is 0.738. The molecule has 1 aliphatic rings. The maximum absolute atomic E-state index is 12.4. The van der Waals surface area contributed by atoms with Gasteiger partial charge in [-0.2, -0.15) is 0 Å². The lowest BCUT2D eigenvalue weighted by Gasteiger charge is -2.39. The van der Waals surface area contributed by atoms with Crippen molar-refractivity contribution in [1.29, 1.82) is 0 Å². The molecular formula is C17H24ClNO. The van der Waals surface area contributed by atoms with E-state index in [4.69, 9.17) is 11.6 Å². The van der Waals surface area contributed by atoms with Crippen LogP contribution in [0.15, 0.2) is 30.3 Å². The zero-order valence-corrected chi connectivity index (χ0v) is 13.4. The van der Waals surface area contributed by atoms with E-state index in [0.717, 1.165) is 31.5 Å². The lowest BCUT2D eigenvalue weighted by atomic mass is 9.75. The number of benzene rings is 1. The van der Waals surface area contributed by atoms with E-state index in [2.05, 4.69) is 20.8 Å². The average molecular weight is 294 g/mol. The molecule has 0 bridgehead atoms. The van der Waals surface area contributed by atoms with Gasteiger partial charge in [0.1, 0.15) is 5.38 Å². The molecule has 110 valence electrons. The summed E-state index contributed by atoms with van der Waals surface area (Å²) in [6.45, 7) is 8.50. The van der Waals surface area contributed by atoms with Gasteiger partial charge in [-0.1, -0.05) is 51.1 Å². The number of hydrogen-bond donors (Lipinski definition) is 0. The van der Waals surface area contributed by atoms with Gasteiger partial charge in [-0.25, -0.2) is 0 Å². The van der Waals surface area contributed by atoms with Crippen molar-refractivity contribution in [2.45, 2.75) is 39.0 Å². The molecule has 1 fully saturated rings. The van der Waals surface area contributed by atoms with Crippen molar-refractivity contribution in [2.75, 3.05) is 13.1 Å². The van der Waals surface area contributed by atoms with E-state index < -0.39 is 5.38 Å². The fourth-order valence-electron chi connectivity index (χ4n) is 2.89. The molecule has 1 saturated heterocycles. The first-order valence-corrected chi connectivity index (χ1v) is 7.81.